The molecule has 2 aromatic heterocycles. The highest BCUT2D eigenvalue weighted by Crippen LogP contribution is 2.22. The number of carbonyl (C=O) groups is 2. The average molecular weight is 441 g/mol. The van der Waals surface area contributed by atoms with E-state index >= 15 is 0 Å². The quantitative estimate of drug-likeness (QED) is 0.459. The molecule has 0 saturated carbocycles. The second-order valence-corrected chi connectivity index (χ2v) is 7.76. The Balaban J connectivity index is 1.80. The Kier molecular flexibility index (Phi) is 6.04. The van der Waals surface area contributed by atoms with E-state index in [4.69, 9.17) is 4.74 Å². The molecule has 0 spiro atoms. The van der Waals surface area contributed by atoms with Crippen LogP contribution in [-0.4, -0.2) is 28.4 Å². The van der Waals surface area contributed by atoms with Gasteiger partial charge in [-0.3, -0.25) is 19.4 Å². The van der Waals surface area contributed by atoms with Gasteiger partial charge in [0.15, 0.2) is 5.78 Å². The van der Waals surface area contributed by atoms with Crippen LogP contribution in [0.15, 0.2) is 71.9 Å². The maximum atomic E-state index is 13.2. The van der Waals surface area contributed by atoms with E-state index in [0.29, 0.717) is 22.2 Å². The molecular formula is C26H23N3O4. The smallest absolute Gasteiger partial charge is 0.244 e. The lowest BCUT2D eigenvalue weighted by atomic mass is 10.0. The van der Waals surface area contributed by atoms with Crippen molar-refractivity contribution in [3.05, 3.63) is 99.6 Å². The van der Waals surface area contributed by atoms with Crippen molar-refractivity contribution in [2.75, 3.05) is 12.4 Å². The van der Waals surface area contributed by atoms with Crippen molar-refractivity contribution < 1.29 is 14.3 Å². The van der Waals surface area contributed by atoms with Gasteiger partial charge >= 0.3 is 0 Å². The van der Waals surface area contributed by atoms with Gasteiger partial charge in [-0.25, -0.2) is 0 Å². The predicted octanol–water partition coefficient (Wildman–Crippen LogP) is 3.89. The molecule has 0 aliphatic carbocycles. The first-order valence-electron chi connectivity index (χ1n) is 10.4. The van der Waals surface area contributed by atoms with Crippen LogP contribution >= 0.6 is 0 Å². The summed E-state index contributed by atoms with van der Waals surface area (Å²) in [6.45, 7) is 3.76. The molecular weight excluding hydrogens is 418 g/mol. The number of hydrogen-bond donors (Lipinski definition) is 1. The summed E-state index contributed by atoms with van der Waals surface area (Å²) >= 11 is 0. The monoisotopic (exact) mass is 441 g/mol. The number of fused-ring (bicyclic) bond motifs is 1. The number of nitrogens with one attached hydrogen (secondary N) is 1. The first-order valence-corrected chi connectivity index (χ1v) is 10.4. The minimum Gasteiger partial charge on any atom is -0.497 e. The van der Waals surface area contributed by atoms with E-state index in [-0.39, 0.29) is 18.0 Å². The van der Waals surface area contributed by atoms with Gasteiger partial charge in [0.1, 0.15) is 12.3 Å². The number of rotatable bonds is 6. The van der Waals surface area contributed by atoms with Crippen LogP contribution in [0.5, 0.6) is 5.75 Å². The Morgan fingerprint density at radius 2 is 1.73 bits per heavy atom. The molecule has 1 amide bonds. The van der Waals surface area contributed by atoms with E-state index in [2.05, 4.69) is 10.3 Å². The van der Waals surface area contributed by atoms with Crippen LogP contribution in [0, 0.1) is 13.8 Å². The average Bonchev–Trinajstić information content (AvgIpc) is 2.83. The third kappa shape index (κ3) is 4.39. The number of ketones is 1. The Hall–Kier alpha value is -4.26. The maximum Gasteiger partial charge on any atom is 0.244 e. The SMILES string of the molecule is COc1ccc2c(=O)c(C(=O)c3ccncc3)cn(CC(=O)Nc3c(C)cccc3C)c2c1. The topological polar surface area (TPSA) is 90.3 Å². The summed E-state index contributed by atoms with van der Waals surface area (Å²) in [6.07, 6.45) is 4.43. The predicted molar refractivity (Wildman–Crippen MR) is 127 cm³/mol. The number of para-hydroxylation sites is 1. The molecule has 2 aromatic carbocycles. The van der Waals surface area contributed by atoms with E-state index < -0.39 is 11.2 Å². The summed E-state index contributed by atoms with van der Waals surface area (Å²) in [5.74, 6) is -0.162. The first-order chi connectivity index (χ1) is 15.9. The van der Waals surface area contributed by atoms with Crippen LogP contribution in [0.1, 0.15) is 27.0 Å². The molecule has 7 nitrogen and oxygen atoms in total. The van der Waals surface area contributed by atoms with Crippen LogP contribution in [0.3, 0.4) is 0 Å². The van der Waals surface area contributed by atoms with Crippen molar-refractivity contribution in [3.8, 4) is 5.75 Å². The number of aryl methyl sites for hydroxylation is 2. The van der Waals surface area contributed by atoms with Crippen molar-refractivity contribution in [2.24, 2.45) is 0 Å². The number of benzene rings is 2. The lowest BCUT2D eigenvalue weighted by molar-refractivity contribution is -0.116. The second kappa shape index (κ2) is 9.08. The summed E-state index contributed by atoms with van der Waals surface area (Å²) in [7, 11) is 1.53. The zero-order chi connectivity index (χ0) is 23.5. The first kappa shape index (κ1) is 22.0. The molecule has 0 saturated heterocycles. The Morgan fingerprint density at radius 3 is 2.39 bits per heavy atom. The van der Waals surface area contributed by atoms with Crippen molar-refractivity contribution in [1.29, 1.82) is 0 Å². The highest BCUT2D eigenvalue weighted by molar-refractivity contribution is 6.10. The van der Waals surface area contributed by atoms with Crippen molar-refractivity contribution in [1.82, 2.24) is 9.55 Å². The summed E-state index contributed by atoms with van der Waals surface area (Å²) in [4.78, 5) is 43.2. The van der Waals surface area contributed by atoms with E-state index in [9.17, 15) is 14.4 Å². The van der Waals surface area contributed by atoms with Crippen LogP contribution in [-0.2, 0) is 11.3 Å². The third-order valence-corrected chi connectivity index (χ3v) is 5.54. The Labute approximate surface area is 190 Å². The van der Waals surface area contributed by atoms with Gasteiger partial charge < -0.3 is 14.6 Å². The van der Waals surface area contributed by atoms with Gasteiger partial charge in [0.2, 0.25) is 11.3 Å². The number of pyridine rings is 2. The molecule has 7 heteroatoms. The number of aromatic nitrogens is 2. The van der Waals surface area contributed by atoms with E-state index in [1.807, 2.05) is 32.0 Å². The van der Waals surface area contributed by atoms with E-state index in [1.54, 1.807) is 34.9 Å². The number of hydrogen-bond acceptors (Lipinski definition) is 5. The molecule has 0 atom stereocenters. The molecule has 4 aromatic rings. The molecule has 33 heavy (non-hydrogen) atoms. The van der Waals surface area contributed by atoms with Gasteiger partial charge in [0, 0.05) is 41.3 Å². The summed E-state index contributed by atoms with van der Waals surface area (Å²) in [5, 5.41) is 3.28. The molecule has 166 valence electrons. The standard InChI is InChI=1S/C26H23N3O4/c1-16-5-4-6-17(2)24(16)28-23(30)15-29-14-21(25(31)18-9-11-27-12-10-18)26(32)20-8-7-19(33-3)13-22(20)29/h4-14H,15H2,1-3H3,(H,28,30). The van der Waals surface area contributed by atoms with Gasteiger partial charge in [-0.15, -0.1) is 0 Å². The number of methoxy groups -OCH3 is 1. The molecule has 0 unspecified atom stereocenters. The number of nitrogens with zero attached hydrogens (tertiary/aromatic N) is 2. The molecule has 0 bridgehead atoms. The van der Waals surface area contributed by atoms with Crippen molar-refractivity contribution in [2.45, 2.75) is 20.4 Å². The number of ether oxygens (including phenoxy) is 1. The van der Waals surface area contributed by atoms with Gasteiger partial charge in [0.05, 0.1) is 18.2 Å². The fourth-order valence-electron chi connectivity index (χ4n) is 3.79. The lowest BCUT2D eigenvalue weighted by Crippen LogP contribution is -2.24. The maximum absolute atomic E-state index is 13.2. The van der Waals surface area contributed by atoms with E-state index in [0.717, 1.165) is 16.8 Å². The fraction of sp³-hybridized carbons (Fsp3) is 0.154. The third-order valence-electron chi connectivity index (χ3n) is 5.54. The van der Waals surface area contributed by atoms with Crippen LogP contribution in [0.4, 0.5) is 5.69 Å². The molecule has 0 fully saturated rings. The molecule has 0 radical (unpaired) electrons. The van der Waals surface area contributed by atoms with Crippen molar-refractivity contribution in [3.63, 3.8) is 0 Å². The number of carbonyl (C=O) groups excluding carboxylic acids is 2. The normalized spacial score (nSPS) is 10.8. The second-order valence-electron chi connectivity index (χ2n) is 7.76. The largest absolute Gasteiger partial charge is 0.497 e. The summed E-state index contributed by atoms with van der Waals surface area (Å²) < 4.78 is 6.91. The molecule has 0 aliphatic heterocycles. The Bertz CT molecular complexity index is 1400. The lowest BCUT2D eigenvalue weighted by Gasteiger charge is -2.16. The van der Waals surface area contributed by atoms with Crippen LogP contribution in [0.2, 0.25) is 0 Å². The van der Waals surface area contributed by atoms with Gasteiger partial charge in [-0.2, -0.15) is 0 Å². The zero-order valence-electron chi connectivity index (χ0n) is 18.6. The summed E-state index contributed by atoms with van der Waals surface area (Å²) in [5.41, 5.74) is 3.08. The van der Waals surface area contributed by atoms with Gasteiger partial charge in [-0.05, 0) is 49.2 Å². The zero-order valence-corrected chi connectivity index (χ0v) is 18.6. The number of amides is 1. The van der Waals surface area contributed by atoms with Crippen LogP contribution in [0.25, 0.3) is 10.9 Å². The molecule has 0 aliphatic rings. The molecule has 4 rings (SSSR count). The van der Waals surface area contributed by atoms with E-state index in [1.165, 1.54) is 25.7 Å². The van der Waals surface area contributed by atoms with Gasteiger partial charge in [-0.1, -0.05) is 18.2 Å². The van der Waals surface area contributed by atoms with Crippen molar-refractivity contribution >= 4 is 28.3 Å². The number of anilines is 1. The molecule has 1 N–H and O–H groups in total. The highest BCUT2D eigenvalue weighted by Gasteiger charge is 2.19. The van der Waals surface area contributed by atoms with Gasteiger partial charge in [0.25, 0.3) is 0 Å². The minimum absolute atomic E-state index is 0.0151. The minimum atomic E-state index is -0.427. The fourth-order valence-corrected chi connectivity index (χ4v) is 3.79. The summed E-state index contributed by atoms with van der Waals surface area (Å²) in [6, 6.07) is 13.8. The van der Waals surface area contributed by atoms with Crippen LogP contribution < -0.4 is 15.5 Å². The highest BCUT2D eigenvalue weighted by atomic mass is 16.5. The Morgan fingerprint density at radius 1 is 1.03 bits per heavy atom. The molecule has 2 heterocycles.